The van der Waals surface area contributed by atoms with Gasteiger partial charge in [-0.15, -0.1) is 0 Å². The molecule has 0 radical (unpaired) electrons. The largest absolute Gasteiger partial charge is 0.420 e. The van der Waals surface area contributed by atoms with Crippen LogP contribution in [0.4, 0.5) is 0 Å². The standard InChI is InChI=1S/C8H20OSi/c1-8(2)6-7-10(4,5)9-3/h8H,6-7H2,1-5H3. The van der Waals surface area contributed by atoms with Gasteiger partial charge in [0.2, 0.25) is 0 Å². The highest BCUT2D eigenvalue weighted by Crippen LogP contribution is 2.16. The summed E-state index contributed by atoms with van der Waals surface area (Å²) in [6.07, 6.45) is 1.31. The normalized spacial score (nSPS) is 12.6. The average Bonchev–Trinajstić information content (AvgIpc) is 1.85. The third-order valence-corrected chi connectivity index (χ3v) is 4.47. The van der Waals surface area contributed by atoms with Gasteiger partial charge >= 0.3 is 0 Å². The molecule has 0 N–H and O–H groups in total. The summed E-state index contributed by atoms with van der Waals surface area (Å²) in [5.41, 5.74) is 0. The van der Waals surface area contributed by atoms with Crippen LogP contribution in [0.1, 0.15) is 20.3 Å². The lowest BCUT2D eigenvalue weighted by Crippen LogP contribution is -2.28. The maximum atomic E-state index is 5.43. The predicted molar refractivity (Wildman–Crippen MR) is 48.8 cm³/mol. The Labute approximate surface area is 65.9 Å². The Bertz CT molecular complexity index is 89.3. The van der Waals surface area contributed by atoms with Crippen LogP contribution < -0.4 is 0 Å². The first kappa shape index (κ1) is 10.2. The summed E-state index contributed by atoms with van der Waals surface area (Å²) in [6.45, 7) is 9.07. The van der Waals surface area contributed by atoms with E-state index in [1.807, 2.05) is 7.11 Å². The van der Waals surface area contributed by atoms with Gasteiger partial charge in [0.15, 0.2) is 8.32 Å². The average molecular weight is 160 g/mol. The molecule has 0 unspecified atom stereocenters. The van der Waals surface area contributed by atoms with Crippen molar-refractivity contribution in [3.05, 3.63) is 0 Å². The molecule has 2 heteroatoms. The van der Waals surface area contributed by atoms with Crippen LogP contribution in [0.25, 0.3) is 0 Å². The summed E-state index contributed by atoms with van der Waals surface area (Å²) >= 11 is 0. The van der Waals surface area contributed by atoms with E-state index in [-0.39, 0.29) is 0 Å². The molecule has 0 fully saturated rings. The van der Waals surface area contributed by atoms with Crippen LogP contribution in [0, 0.1) is 5.92 Å². The Morgan fingerprint density at radius 1 is 1.30 bits per heavy atom. The van der Waals surface area contributed by atoms with Gasteiger partial charge in [0, 0.05) is 7.11 Å². The van der Waals surface area contributed by atoms with Gasteiger partial charge in [-0.2, -0.15) is 0 Å². The summed E-state index contributed by atoms with van der Waals surface area (Å²) < 4.78 is 5.43. The van der Waals surface area contributed by atoms with Crippen molar-refractivity contribution in [2.45, 2.75) is 39.4 Å². The Kier molecular flexibility index (Phi) is 4.21. The molecule has 0 spiro atoms. The van der Waals surface area contributed by atoms with Crippen molar-refractivity contribution in [1.29, 1.82) is 0 Å². The minimum atomic E-state index is -1.24. The lowest BCUT2D eigenvalue weighted by atomic mass is 10.2. The van der Waals surface area contributed by atoms with E-state index >= 15 is 0 Å². The predicted octanol–water partition coefficient (Wildman–Crippen LogP) is 2.88. The van der Waals surface area contributed by atoms with Crippen molar-refractivity contribution in [3.8, 4) is 0 Å². The minimum Gasteiger partial charge on any atom is -0.420 e. The van der Waals surface area contributed by atoms with Crippen LogP contribution in [0.3, 0.4) is 0 Å². The van der Waals surface area contributed by atoms with Crippen LogP contribution in [0.15, 0.2) is 0 Å². The smallest absolute Gasteiger partial charge is 0.186 e. The second kappa shape index (κ2) is 4.14. The van der Waals surface area contributed by atoms with Gasteiger partial charge in [-0.3, -0.25) is 0 Å². The molecule has 0 aliphatic carbocycles. The van der Waals surface area contributed by atoms with Crippen LogP contribution in [0.5, 0.6) is 0 Å². The molecule has 0 atom stereocenters. The summed E-state index contributed by atoms with van der Waals surface area (Å²) in [7, 11) is 0.600. The molecule has 0 saturated carbocycles. The monoisotopic (exact) mass is 160 g/mol. The fourth-order valence-electron chi connectivity index (χ4n) is 0.738. The van der Waals surface area contributed by atoms with E-state index in [0.717, 1.165) is 5.92 Å². The lowest BCUT2D eigenvalue weighted by molar-refractivity contribution is 0.398. The summed E-state index contributed by atoms with van der Waals surface area (Å²) in [5, 5.41) is 0. The van der Waals surface area contributed by atoms with Crippen LogP contribution in [0.2, 0.25) is 19.1 Å². The van der Waals surface area contributed by atoms with Crippen LogP contribution >= 0.6 is 0 Å². The molecule has 0 aromatic carbocycles. The third kappa shape index (κ3) is 5.00. The molecule has 0 bridgehead atoms. The van der Waals surface area contributed by atoms with E-state index in [9.17, 15) is 0 Å². The molecule has 0 saturated heterocycles. The molecule has 10 heavy (non-hydrogen) atoms. The molecule has 0 aliphatic heterocycles. The van der Waals surface area contributed by atoms with Crippen LogP contribution in [-0.4, -0.2) is 15.4 Å². The fraction of sp³-hybridized carbons (Fsp3) is 1.00. The molecule has 0 amide bonds. The molecule has 0 aliphatic rings. The molecule has 1 nitrogen and oxygen atoms in total. The first-order chi connectivity index (χ1) is 4.48. The van der Waals surface area contributed by atoms with Crippen molar-refractivity contribution in [1.82, 2.24) is 0 Å². The summed E-state index contributed by atoms with van der Waals surface area (Å²) in [6, 6.07) is 1.29. The van der Waals surface area contributed by atoms with Gasteiger partial charge in [-0.05, 0) is 25.1 Å². The fourth-order valence-corrected chi connectivity index (χ4v) is 2.22. The molecule has 0 rings (SSSR count). The maximum Gasteiger partial charge on any atom is 0.186 e. The summed E-state index contributed by atoms with van der Waals surface area (Å²) in [4.78, 5) is 0. The van der Waals surface area contributed by atoms with E-state index < -0.39 is 8.32 Å². The highest BCUT2D eigenvalue weighted by atomic mass is 28.4. The van der Waals surface area contributed by atoms with E-state index in [1.165, 1.54) is 12.5 Å². The second-order valence-electron chi connectivity index (χ2n) is 3.90. The zero-order valence-corrected chi connectivity index (χ0v) is 8.90. The van der Waals surface area contributed by atoms with Gasteiger partial charge < -0.3 is 4.43 Å². The van der Waals surface area contributed by atoms with E-state index in [4.69, 9.17) is 4.43 Å². The van der Waals surface area contributed by atoms with Gasteiger partial charge in [-0.25, -0.2) is 0 Å². The summed E-state index contributed by atoms with van der Waals surface area (Å²) in [5.74, 6) is 0.821. The third-order valence-electron chi connectivity index (χ3n) is 1.88. The minimum absolute atomic E-state index is 0.821. The first-order valence-corrected chi connectivity index (χ1v) is 7.14. The highest BCUT2D eigenvalue weighted by molar-refractivity contribution is 6.71. The number of rotatable bonds is 4. The molecule has 0 aromatic heterocycles. The van der Waals surface area contributed by atoms with Crippen LogP contribution in [-0.2, 0) is 4.43 Å². The van der Waals surface area contributed by atoms with Crippen molar-refractivity contribution in [3.63, 3.8) is 0 Å². The van der Waals surface area contributed by atoms with Gasteiger partial charge in [0.05, 0.1) is 0 Å². The van der Waals surface area contributed by atoms with Gasteiger partial charge in [0.1, 0.15) is 0 Å². The maximum absolute atomic E-state index is 5.43. The van der Waals surface area contributed by atoms with E-state index in [1.54, 1.807) is 0 Å². The lowest BCUT2D eigenvalue weighted by Gasteiger charge is -2.20. The highest BCUT2D eigenvalue weighted by Gasteiger charge is 2.19. The Hall–Kier alpha value is 0.177. The molecule has 62 valence electrons. The molecular weight excluding hydrogens is 140 g/mol. The quantitative estimate of drug-likeness (QED) is 0.575. The molecular formula is C8H20OSi. The second-order valence-corrected chi connectivity index (χ2v) is 8.32. The molecule has 0 aromatic rings. The molecule has 0 heterocycles. The SMILES string of the molecule is CO[Si](C)(C)CCC(C)C. The van der Waals surface area contributed by atoms with Gasteiger partial charge in [0.25, 0.3) is 0 Å². The van der Waals surface area contributed by atoms with E-state index in [2.05, 4.69) is 26.9 Å². The Morgan fingerprint density at radius 3 is 2.10 bits per heavy atom. The first-order valence-electron chi connectivity index (χ1n) is 4.03. The topological polar surface area (TPSA) is 9.23 Å². The van der Waals surface area contributed by atoms with Crippen molar-refractivity contribution in [2.24, 2.45) is 5.92 Å². The van der Waals surface area contributed by atoms with Crippen molar-refractivity contribution < 1.29 is 4.43 Å². The van der Waals surface area contributed by atoms with E-state index in [0.29, 0.717) is 0 Å². The Morgan fingerprint density at radius 2 is 1.80 bits per heavy atom. The Balaban J connectivity index is 3.46. The van der Waals surface area contributed by atoms with Crippen molar-refractivity contribution >= 4 is 8.32 Å². The van der Waals surface area contributed by atoms with Gasteiger partial charge in [-0.1, -0.05) is 20.3 Å². The zero-order valence-electron chi connectivity index (χ0n) is 7.90. The number of hydrogen-bond donors (Lipinski definition) is 0. The zero-order chi connectivity index (χ0) is 8.20. The number of hydrogen-bond acceptors (Lipinski definition) is 1. The van der Waals surface area contributed by atoms with Crippen molar-refractivity contribution in [2.75, 3.05) is 7.11 Å².